The Balaban J connectivity index is 2.10. The number of carbonyl (C=O) groups is 2. The number of hydrogen-bond donors (Lipinski definition) is 1. The molecule has 1 amide bonds. The van der Waals surface area contributed by atoms with E-state index in [0.29, 0.717) is 21.8 Å². The average molecular weight is 456 g/mol. The number of para-hydroxylation sites is 1. The second kappa shape index (κ2) is 9.93. The van der Waals surface area contributed by atoms with Gasteiger partial charge in [0.2, 0.25) is 0 Å². The van der Waals surface area contributed by atoms with Crippen LogP contribution in [0.3, 0.4) is 0 Å². The Kier molecular flexibility index (Phi) is 7.29. The third kappa shape index (κ3) is 5.23. The Morgan fingerprint density at radius 2 is 2.03 bits per heavy atom. The van der Waals surface area contributed by atoms with Crippen molar-refractivity contribution in [2.75, 3.05) is 19.0 Å². The van der Waals surface area contributed by atoms with Gasteiger partial charge in [0.1, 0.15) is 12.2 Å². The highest BCUT2D eigenvalue weighted by Crippen LogP contribution is 2.44. The largest absolute Gasteiger partial charge is 0.492 e. The summed E-state index contributed by atoms with van der Waals surface area (Å²) in [5.74, 6) is -1.37. The van der Waals surface area contributed by atoms with Crippen LogP contribution in [0, 0.1) is 0 Å². The van der Waals surface area contributed by atoms with Gasteiger partial charge in [-0.1, -0.05) is 23.7 Å². The molecular weight excluding hydrogens is 436 g/mol. The van der Waals surface area contributed by atoms with Crippen molar-refractivity contribution in [3.8, 4) is 11.5 Å². The van der Waals surface area contributed by atoms with Gasteiger partial charge in [-0.3, -0.25) is 9.59 Å². The molecule has 2 aromatic carbocycles. The Bertz CT molecular complexity index is 971. The minimum absolute atomic E-state index is 0.00274. The van der Waals surface area contributed by atoms with E-state index in [0.717, 1.165) is 0 Å². The number of fused-ring (bicyclic) bond motifs is 1. The van der Waals surface area contributed by atoms with Crippen LogP contribution >= 0.6 is 11.6 Å². The summed E-state index contributed by atoms with van der Waals surface area (Å²) in [5.41, 5.74) is 1.17. The fraction of sp³-hybridized carbons (Fsp3) is 0.333. The molecule has 3 rings (SSSR count). The molecule has 0 radical (unpaired) electrons. The summed E-state index contributed by atoms with van der Waals surface area (Å²) in [6.45, 7) is -1.28. The number of methoxy groups -OCH3 is 1. The van der Waals surface area contributed by atoms with Crippen LogP contribution in [0.2, 0.25) is 5.02 Å². The zero-order valence-electron chi connectivity index (χ0n) is 16.7. The number of halogens is 3. The van der Waals surface area contributed by atoms with Gasteiger partial charge in [-0.15, -0.1) is 0 Å². The fourth-order valence-corrected chi connectivity index (χ4v) is 3.46. The number of ether oxygens (including phenoxy) is 4. The fourth-order valence-electron chi connectivity index (χ4n) is 3.28. The van der Waals surface area contributed by atoms with Crippen LogP contribution in [0.5, 0.6) is 11.5 Å². The Labute approximate surface area is 182 Å². The van der Waals surface area contributed by atoms with E-state index >= 15 is 0 Å². The van der Waals surface area contributed by atoms with E-state index in [1.165, 1.54) is 19.2 Å². The van der Waals surface area contributed by atoms with Gasteiger partial charge in [0.05, 0.1) is 20.1 Å². The standard InChI is InChI=1S/C21H20ClF2NO6/c1-3-29-17(26)10-16-20(27)25-14-8-7-11(22)9-13(14)18(30-16)12-5-4-6-15(19(12)28-2)31-21(23)24/h4-9,16,18,21H,3,10H2,1-2H3,(H,25,27). The number of alkyl halides is 2. The first-order valence-corrected chi connectivity index (χ1v) is 9.75. The number of carbonyl (C=O) groups excluding carboxylic acids is 2. The summed E-state index contributed by atoms with van der Waals surface area (Å²) in [6, 6.07) is 9.15. The van der Waals surface area contributed by atoms with Crippen molar-refractivity contribution in [3.63, 3.8) is 0 Å². The molecule has 2 atom stereocenters. The quantitative estimate of drug-likeness (QED) is 0.626. The third-order valence-corrected chi connectivity index (χ3v) is 4.75. The molecule has 0 bridgehead atoms. The van der Waals surface area contributed by atoms with E-state index in [4.69, 9.17) is 25.8 Å². The maximum Gasteiger partial charge on any atom is 0.387 e. The van der Waals surface area contributed by atoms with E-state index in [9.17, 15) is 18.4 Å². The van der Waals surface area contributed by atoms with Gasteiger partial charge in [0.25, 0.3) is 5.91 Å². The summed E-state index contributed by atoms with van der Waals surface area (Å²) in [4.78, 5) is 24.7. The first-order chi connectivity index (χ1) is 14.8. The second-order valence-electron chi connectivity index (χ2n) is 6.49. The number of anilines is 1. The van der Waals surface area contributed by atoms with Gasteiger partial charge < -0.3 is 24.3 Å². The molecule has 2 unspecified atom stereocenters. The summed E-state index contributed by atoms with van der Waals surface area (Å²) in [6.07, 6.45) is -2.53. The molecule has 166 valence electrons. The number of amides is 1. The monoisotopic (exact) mass is 455 g/mol. The summed E-state index contributed by atoms with van der Waals surface area (Å²) < 4.78 is 46.6. The summed E-state index contributed by atoms with van der Waals surface area (Å²) in [7, 11) is 1.30. The first kappa shape index (κ1) is 22.8. The highest BCUT2D eigenvalue weighted by Gasteiger charge is 2.35. The van der Waals surface area contributed by atoms with Crippen molar-refractivity contribution in [3.05, 3.63) is 52.5 Å². The number of benzene rings is 2. The van der Waals surface area contributed by atoms with Crippen LogP contribution in [0.1, 0.15) is 30.6 Å². The molecule has 1 aliphatic heterocycles. The topological polar surface area (TPSA) is 83.1 Å². The van der Waals surface area contributed by atoms with Crippen LogP contribution in [-0.4, -0.2) is 38.3 Å². The molecule has 2 aromatic rings. The summed E-state index contributed by atoms with van der Waals surface area (Å²) in [5, 5.41) is 3.07. The van der Waals surface area contributed by atoms with Gasteiger partial charge in [-0.25, -0.2) is 0 Å². The van der Waals surface area contributed by atoms with E-state index < -0.39 is 30.7 Å². The number of rotatable bonds is 7. The molecule has 0 aromatic heterocycles. The Morgan fingerprint density at radius 3 is 2.71 bits per heavy atom. The van der Waals surface area contributed by atoms with Crippen molar-refractivity contribution in [2.24, 2.45) is 0 Å². The highest BCUT2D eigenvalue weighted by atomic mass is 35.5. The number of esters is 1. The van der Waals surface area contributed by atoms with Crippen LogP contribution in [0.25, 0.3) is 0 Å². The normalized spacial score (nSPS) is 18.1. The predicted octanol–water partition coefficient (Wildman–Crippen LogP) is 4.33. The average Bonchev–Trinajstić information content (AvgIpc) is 2.84. The smallest absolute Gasteiger partial charge is 0.387 e. The van der Waals surface area contributed by atoms with Crippen molar-refractivity contribution in [1.82, 2.24) is 0 Å². The first-order valence-electron chi connectivity index (χ1n) is 9.37. The lowest BCUT2D eigenvalue weighted by Crippen LogP contribution is -2.32. The summed E-state index contributed by atoms with van der Waals surface area (Å²) >= 11 is 6.16. The minimum Gasteiger partial charge on any atom is -0.492 e. The molecule has 0 saturated heterocycles. The Morgan fingerprint density at radius 1 is 1.26 bits per heavy atom. The molecule has 1 aliphatic rings. The zero-order chi connectivity index (χ0) is 22.5. The van der Waals surface area contributed by atoms with E-state index in [2.05, 4.69) is 10.1 Å². The lowest BCUT2D eigenvalue weighted by atomic mass is 9.98. The SMILES string of the molecule is CCOC(=O)CC1OC(c2cccc(OC(F)F)c2OC)c2cc(Cl)ccc2NC1=O. The van der Waals surface area contributed by atoms with E-state index in [1.54, 1.807) is 31.2 Å². The molecular formula is C21H20ClF2NO6. The number of hydrogen-bond acceptors (Lipinski definition) is 6. The molecule has 10 heteroatoms. The van der Waals surface area contributed by atoms with Crippen molar-refractivity contribution in [2.45, 2.75) is 32.2 Å². The molecule has 7 nitrogen and oxygen atoms in total. The van der Waals surface area contributed by atoms with Crippen LogP contribution < -0.4 is 14.8 Å². The van der Waals surface area contributed by atoms with E-state index in [1.807, 2.05) is 0 Å². The molecule has 0 fully saturated rings. The van der Waals surface area contributed by atoms with Gasteiger partial charge in [-0.2, -0.15) is 8.78 Å². The lowest BCUT2D eigenvalue weighted by molar-refractivity contribution is -0.150. The highest BCUT2D eigenvalue weighted by molar-refractivity contribution is 6.30. The molecule has 0 saturated carbocycles. The van der Waals surface area contributed by atoms with Gasteiger partial charge in [-0.05, 0) is 31.2 Å². The maximum atomic E-state index is 12.9. The van der Waals surface area contributed by atoms with Crippen molar-refractivity contribution < 1.29 is 37.3 Å². The van der Waals surface area contributed by atoms with Crippen molar-refractivity contribution >= 4 is 29.2 Å². The second-order valence-corrected chi connectivity index (χ2v) is 6.93. The van der Waals surface area contributed by atoms with Gasteiger partial charge in [0.15, 0.2) is 11.5 Å². The molecule has 0 aliphatic carbocycles. The number of nitrogens with one attached hydrogen (secondary N) is 1. The van der Waals surface area contributed by atoms with Crippen LogP contribution in [0.4, 0.5) is 14.5 Å². The molecule has 1 heterocycles. The zero-order valence-corrected chi connectivity index (χ0v) is 17.4. The maximum absolute atomic E-state index is 12.9. The molecule has 0 spiro atoms. The molecule has 31 heavy (non-hydrogen) atoms. The van der Waals surface area contributed by atoms with Gasteiger partial charge in [0, 0.05) is 21.8 Å². The van der Waals surface area contributed by atoms with Gasteiger partial charge >= 0.3 is 12.6 Å². The predicted molar refractivity (Wildman–Crippen MR) is 108 cm³/mol. The van der Waals surface area contributed by atoms with Crippen molar-refractivity contribution in [1.29, 1.82) is 0 Å². The van der Waals surface area contributed by atoms with E-state index in [-0.39, 0.29) is 24.5 Å². The van der Waals surface area contributed by atoms with Crippen LogP contribution in [0.15, 0.2) is 36.4 Å². The molecule has 1 N–H and O–H groups in total. The minimum atomic E-state index is -3.07. The third-order valence-electron chi connectivity index (χ3n) is 4.52. The van der Waals surface area contributed by atoms with Crippen LogP contribution in [-0.2, 0) is 19.1 Å². The Hall–Kier alpha value is -2.91. The lowest BCUT2D eigenvalue weighted by Gasteiger charge is -2.24.